The average Bonchev–Trinajstić information content (AvgIpc) is 2.13. The molecular weight excluding hydrogens is 221 g/mol. The number of alkyl halides is 1. The number of carbonyl (C=O) groups is 1. The Bertz CT molecular complexity index is 300. The molecule has 0 aromatic heterocycles. The van der Waals surface area contributed by atoms with Crippen molar-refractivity contribution in [2.24, 2.45) is 5.41 Å². The predicted octanol–water partition coefficient (Wildman–Crippen LogP) is 3.14. The molecule has 1 heterocycles. The van der Waals surface area contributed by atoms with Crippen molar-refractivity contribution in [3.63, 3.8) is 0 Å². The number of carbonyl (C=O) groups excluding carboxylic acids is 1. The second kappa shape index (κ2) is 4.14. The fraction of sp³-hybridized carbons (Fsp3) is 0.923. The first kappa shape index (κ1) is 12.7. The molecule has 0 N–H and O–H groups in total. The van der Waals surface area contributed by atoms with Gasteiger partial charge in [0.2, 0.25) is 0 Å². The number of rotatable bonds is 0. The summed E-state index contributed by atoms with van der Waals surface area (Å²) >= 11 is 0. The van der Waals surface area contributed by atoms with Crippen molar-refractivity contribution >= 4 is 6.09 Å². The van der Waals surface area contributed by atoms with Gasteiger partial charge in [-0.2, -0.15) is 0 Å². The summed E-state index contributed by atoms with van der Waals surface area (Å²) in [4.78, 5) is 13.7. The zero-order chi connectivity index (χ0) is 12.7. The molecule has 4 heteroatoms. The maximum absolute atomic E-state index is 13.0. The van der Waals surface area contributed by atoms with E-state index in [9.17, 15) is 9.18 Å². The maximum atomic E-state index is 13.0. The van der Waals surface area contributed by atoms with E-state index in [0.29, 0.717) is 19.4 Å². The van der Waals surface area contributed by atoms with Gasteiger partial charge in [-0.15, -0.1) is 0 Å². The molecule has 0 unspecified atom stereocenters. The van der Waals surface area contributed by atoms with Gasteiger partial charge >= 0.3 is 6.09 Å². The van der Waals surface area contributed by atoms with Gasteiger partial charge in [-0.1, -0.05) is 0 Å². The number of halogens is 1. The van der Waals surface area contributed by atoms with Crippen LogP contribution in [0.2, 0.25) is 0 Å². The maximum Gasteiger partial charge on any atom is 0.410 e. The molecule has 2 aliphatic rings. The second-order valence-electron chi connectivity index (χ2n) is 6.51. The van der Waals surface area contributed by atoms with Gasteiger partial charge in [-0.25, -0.2) is 9.18 Å². The normalized spacial score (nSPS) is 33.4. The molecule has 2 rings (SSSR count). The smallest absolute Gasteiger partial charge is 0.410 e. The highest BCUT2D eigenvalue weighted by Gasteiger charge is 2.48. The van der Waals surface area contributed by atoms with E-state index in [4.69, 9.17) is 4.74 Å². The van der Waals surface area contributed by atoms with Crippen molar-refractivity contribution in [1.29, 1.82) is 0 Å². The molecule has 1 saturated heterocycles. The number of piperidine rings is 1. The van der Waals surface area contributed by atoms with Crippen molar-refractivity contribution in [2.75, 3.05) is 13.1 Å². The lowest BCUT2D eigenvalue weighted by molar-refractivity contribution is -0.0471. The Labute approximate surface area is 102 Å². The first-order valence-corrected chi connectivity index (χ1v) is 6.42. The minimum atomic E-state index is -0.659. The van der Waals surface area contributed by atoms with Crippen LogP contribution in [0.3, 0.4) is 0 Å². The van der Waals surface area contributed by atoms with Gasteiger partial charge in [0, 0.05) is 13.1 Å². The molecule has 2 fully saturated rings. The van der Waals surface area contributed by atoms with Crippen LogP contribution in [0.15, 0.2) is 0 Å². The number of nitrogens with zero attached hydrogens (tertiary/aromatic N) is 1. The quantitative estimate of drug-likeness (QED) is 0.654. The summed E-state index contributed by atoms with van der Waals surface area (Å²) in [7, 11) is 0. The Morgan fingerprint density at radius 3 is 2.59 bits per heavy atom. The average molecular weight is 243 g/mol. The largest absolute Gasteiger partial charge is 0.444 e. The first-order valence-electron chi connectivity index (χ1n) is 6.42. The first-order chi connectivity index (χ1) is 7.80. The Morgan fingerprint density at radius 1 is 1.41 bits per heavy atom. The molecule has 3 nitrogen and oxygen atoms in total. The lowest BCUT2D eigenvalue weighted by atomic mass is 9.63. The third-order valence-corrected chi connectivity index (χ3v) is 3.62. The minimum Gasteiger partial charge on any atom is -0.444 e. The highest BCUT2D eigenvalue weighted by atomic mass is 19.1. The molecule has 0 aromatic rings. The molecule has 1 saturated carbocycles. The molecule has 0 atom stereocenters. The third kappa shape index (κ3) is 2.90. The van der Waals surface area contributed by atoms with Crippen LogP contribution >= 0.6 is 0 Å². The van der Waals surface area contributed by atoms with Crippen molar-refractivity contribution in [1.82, 2.24) is 4.90 Å². The molecule has 1 spiro atoms. The highest BCUT2D eigenvalue weighted by molar-refractivity contribution is 5.68. The van der Waals surface area contributed by atoms with E-state index in [2.05, 4.69) is 0 Å². The molecule has 1 aliphatic carbocycles. The van der Waals surface area contributed by atoms with Gasteiger partial charge in [-0.3, -0.25) is 0 Å². The number of amides is 1. The molecule has 17 heavy (non-hydrogen) atoms. The van der Waals surface area contributed by atoms with Gasteiger partial charge in [0.15, 0.2) is 0 Å². The van der Waals surface area contributed by atoms with Crippen molar-refractivity contribution in [2.45, 2.75) is 58.2 Å². The van der Waals surface area contributed by atoms with Crippen LogP contribution in [0.5, 0.6) is 0 Å². The molecule has 98 valence electrons. The Balaban J connectivity index is 1.91. The van der Waals surface area contributed by atoms with Gasteiger partial charge in [-0.05, 0) is 51.9 Å². The summed E-state index contributed by atoms with van der Waals surface area (Å²) < 4.78 is 18.4. The van der Waals surface area contributed by atoms with Crippen LogP contribution in [-0.2, 0) is 4.74 Å². The van der Waals surface area contributed by atoms with Gasteiger partial charge in [0.05, 0.1) is 0 Å². The third-order valence-electron chi connectivity index (χ3n) is 3.62. The summed E-state index contributed by atoms with van der Waals surface area (Å²) in [6, 6.07) is 0. The van der Waals surface area contributed by atoms with Crippen LogP contribution in [-0.4, -0.2) is 35.9 Å². The second-order valence-corrected chi connectivity index (χ2v) is 6.51. The van der Waals surface area contributed by atoms with Gasteiger partial charge in [0.25, 0.3) is 0 Å². The van der Waals surface area contributed by atoms with E-state index in [1.165, 1.54) is 0 Å². The summed E-state index contributed by atoms with van der Waals surface area (Å²) in [5.74, 6) is 0. The number of likely N-dealkylation sites (tertiary alicyclic amines) is 1. The number of hydrogen-bond donors (Lipinski definition) is 0. The molecule has 0 bridgehead atoms. The summed E-state index contributed by atoms with van der Waals surface area (Å²) in [5.41, 5.74) is -0.404. The molecule has 0 radical (unpaired) electrons. The molecule has 1 amide bonds. The van der Waals surface area contributed by atoms with E-state index in [0.717, 1.165) is 19.4 Å². The van der Waals surface area contributed by atoms with E-state index in [1.54, 1.807) is 4.90 Å². The number of ether oxygens (including phenoxy) is 1. The van der Waals surface area contributed by atoms with Crippen LogP contribution in [0.25, 0.3) is 0 Å². The van der Waals surface area contributed by atoms with E-state index < -0.39 is 11.8 Å². The summed E-state index contributed by atoms with van der Waals surface area (Å²) in [6.07, 6.45) is 2.34. The Morgan fingerprint density at radius 2 is 2.06 bits per heavy atom. The van der Waals surface area contributed by atoms with Gasteiger partial charge < -0.3 is 9.64 Å². The standard InChI is InChI=1S/C13H22FNO2/c1-12(2,3)17-11(16)15-6-4-5-13(9-15)7-10(14)8-13/h10H,4-9H2,1-3H3. The highest BCUT2D eigenvalue weighted by Crippen LogP contribution is 2.49. The van der Waals surface area contributed by atoms with Crippen LogP contribution < -0.4 is 0 Å². The Kier molecular flexibility index (Phi) is 3.08. The Hall–Kier alpha value is -0.800. The fourth-order valence-corrected chi connectivity index (χ4v) is 2.90. The zero-order valence-electron chi connectivity index (χ0n) is 11.0. The van der Waals surface area contributed by atoms with Crippen molar-refractivity contribution < 1.29 is 13.9 Å². The monoisotopic (exact) mass is 243 g/mol. The molecule has 0 aromatic carbocycles. The molecule has 1 aliphatic heterocycles. The van der Waals surface area contributed by atoms with Crippen LogP contribution in [0.1, 0.15) is 46.5 Å². The fourth-order valence-electron chi connectivity index (χ4n) is 2.90. The van der Waals surface area contributed by atoms with Crippen molar-refractivity contribution in [3.8, 4) is 0 Å². The van der Waals surface area contributed by atoms with Gasteiger partial charge in [0.1, 0.15) is 11.8 Å². The predicted molar refractivity (Wildman–Crippen MR) is 63.6 cm³/mol. The van der Waals surface area contributed by atoms with E-state index in [-0.39, 0.29) is 11.5 Å². The lowest BCUT2D eigenvalue weighted by Crippen LogP contribution is -2.53. The van der Waals surface area contributed by atoms with Crippen molar-refractivity contribution in [3.05, 3.63) is 0 Å². The van der Waals surface area contributed by atoms with Crippen LogP contribution in [0, 0.1) is 5.41 Å². The summed E-state index contributed by atoms with van der Waals surface area (Å²) in [6.45, 7) is 7.01. The zero-order valence-corrected chi connectivity index (χ0v) is 11.0. The van der Waals surface area contributed by atoms with E-state index >= 15 is 0 Å². The molecular formula is C13H22FNO2. The topological polar surface area (TPSA) is 29.5 Å². The lowest BCUT2D eigenvalue weighted by Gasteiger charge is -2.50. The van der Waals surface area contributed by atoms with E-state index in [1.807, 2.05) is 20.8 Å². The van der Waals surface area contributed by atoms with Crippen LogP contribution in [0.4, 0.5) is 9.18 Å². The minimum absolute atomic E-state index is 0.0502. The number of hydrogen-bond acceptors (Lipinski definition) is 2. The SMILES string of the molecule is CC(C)(C)OC(=O)N1CCCC2(CC(F)C2)C1. The summed E-state index contributed by atoms with van der Waals surface area (Å²) in [5, 5.41) is 0.